The summed E-state index contributed by atoms with van der Waals surface area (Å²) in [6, 6.07) is -0.261. The Morgan fingerprint density at radius 1 is 1.38 bits per heavy atom. The molecule has 1 aromatic heterocycles. The number of rotatable bonds is 5. The van der Waals surface area contributed by atoms with Crippen molar-refractivity contribution in [2.45, 2.75) is 12.8 Å². The Hall–Kier alpha value is -1.94. The molecule has 1 atom stereocenters. The number of urea groups is 1. The summed E-state index contributed by atoms with van der Waals surface area (Å²) in [6.07, 6.45) is 4.68. The highest BCUT2D eigenvalue weighted by Gasteiger charge is 2.27. The summed E-state index contributed by atoms with van der Waals surface area (Å²) in [5.74, 6) is 0.533. The van der Waals surface area contributed by atoms with E-state index < -0.39 is 10.0 Å². The van der Waals surface area contributed by atoms with Crippen molar-refractivity contribution in [2.24, 2.45) is 5.92 Å². The van der Waals surface area contributed by atoms with Crippen LogP contribution in [0.25, 0.3) is 0 Å². The van der Waals surface area contributed by atoms with Crippen LogP contribution in [0, 0.1) is 5.92 Å². The topological polar surface area (TPSA) is 108 Å². The molecule has 0 saturated carbocycles. The molecule has 0 aliphatic carbocycles. The van der Waals surface area contributed by atoms with Crippen LogP contribution in [0.3, 0.4) is 0 Å². The SMILES string of the molecule is CNS(=O)(=O)CC1CCCN(C(=O)Nc2cnc(N(C)C)nc2)C1. The number of carbonyl (C=O) groups excluding carboxylic acids is 1. The van der Waals surface area contributed by atoms with Crippen LogP contribution in [0.1, 0.15) is 12.8 Å². The Labute approximate surface area is 142 Å². The highest BCUT2D eigenvalue weighted by atomic mass is 32.2. The van der Waals surface area contributed by atoms with Gasteiger partial charge >= 0.3 is 6.03 Å². The van der Waals surface area contributed by atoms with Crippen LogP contribution >= 0.6 is 0 Å². The van der Waals surface area contributed by atoms with Gasteiger partial charge in [0.2, 0.25) is 16.0 Å². The van der Waals surface area contributed by atoms with Crippen LogP contribution < -0.4 is 14.9 Å². The number of sulfonamides is 1. The summed E-state index contributed by atoms with van der Waals surface area (Å²) < 4.78 is 25.7. The Morgan fingerprint density at radius 3 is 2.62 bits per heavy atom. The van der Waals surface area contributed by atoms with Crippen molar-refractivity contribution in [3.63, 3.8) is 0 Å². The van der Waals surface area contributed by atoms with E-state index in [-0.39, 0.29) is 17.7 Å². The summed E-state index contributed by atoms with van der Waals surface area (Å²) >= 11 is 0. The number of anilines is 2. The zero-order valence-corrected chi connectivity index (χ0v) is 15.0. The van der Waals surface area contributed by atoms with Crippen molar-refractivity contribution >= 4 is 27.7 Å². The molecular formula is C14H24N6O3S. The number of hydrogen-bond donors (Lipinski definition) is 2. The van der Waals surface area contributed by atoms with Gasteiger partial charge in [-0.05, 0) is 25.8 Å². The molecular weight excluding hydrogens is 332 g/mol. The van der Waals surface area contributed by atoms with E-state index in [9.17, 15) is 13.2 Å². The maximum atomic E-state index is 12.4. The normalized spacial score (nSPS) is 18.3. The maximum Gasteiger partial charge on any atom is 0.321 e. The van der Waals surface area contributed by atoms with Crippen LogP contribution in [0.2, 0.25) is 0 Å². The Bertz CT molecular complexity index is 662. The minimum absolute atomic E-state index is 0.0356. The fourth-order valence-electron chi connectivity index (χ4n) is 2.60. The van der Waals surface area contributed by atoms with Crippen LogP contribution in [0.15, 0.2) is 12.4 Å². The summed E-state index contributed by atoms with van der Waals surface area (Å²) in [6.45, 7) is 1.03. The molecule has 2 amide bonds. The van der Waals surface area contributed by atoms with Crippen LogP contribution in [0.4, 0.5) is 16.4 Å². The van der Waals surface area contributed by atoms with E-state index in [1.54, 1.807) is 22.2 Å². The Morgan fingerprint density at radius 2 is 2.04 bits per heavy atom. The van der Waals surface area contributed by atoms with Crippen molar-refractivity contribution in [1.29, 1.82) is 0 Å². The van der Waals surface area contributed by atoms with Crippen molar-refractivity contribution in [3.8, 4) is 0 Å². The third-order valence-electron chi connectivity index (χ3n) is 3.86. The first-order valence-electron chi connectivity index (χ1n) is 7.77. The third kappa shape index (κ3) is 5.03. The average molecular weight is 356 g/mol. The van der Waals surface area contributed by atoms with Crippen LogP contribution in [-0.4, -0.2) is 69.3 Å². The summed E-state index contributed by atoms with van der Waals surface area (Å²) in [7, 11) is 1.80. The lowest BCUT2D eigenvalue weighted by Gasteiger charge is -2.32. The smallest absolute Gasteiger partial charge is 0.321 e. The van der Waals surface area contributed by atoms with Gasteiger partial charge in [0.25, 0.3) is 0 Å². The van der Waals surface area contributed by atoms with Gasteiger partial charge in [0, 0.05) is 27.2 Å². The zero-order chi connectivity index (χ0) is 17.7. The molecule has 9 nitrogen and oxygen atoms in total. The minimum atomic E-state index is -3.27. The molecule has 0 bridgehead atoms. The molecule has 1 saturated heterocycles. The predicted molar refractivity (Wildman–Crippen MR) is 92.5 cm³/mol. The van der Waals surface area contributed by atoms with Gasteiger partial charge in [-0.2, -0.15) is 0 Å². The molecule has 2 heterocycles. The van der Waals surface area contributed by atoms with Gasteiger partial charge in [0.15, 0.2) is 0 Å². The second-order valence-corrected chi connectivity index (χ2v) is 8.01. The van der Waals surface area contributed by atoms with Crippen molar-refractivity contribution in [3.05, 3.63) is 12.4 Å². The van der Waals surface area contributed by atoms with Crippen molar-refractivity contribution in [1.82, 2.24) is 19.6 Å². The maximum absolute atomic E-state index is 12.4. The average Bonchev–Trinajstić information content (AvgIpc) is 2.55. The first-order chi connectivity index (χ1) is 11.3. The lowest BCUT2D eigenvalue weighted by molar-refractivity contribution is 0.182. The number of nitrogens with one attached hydrogen (secondary N) is 2. The zero-order valence-electron chi connectivity index (χ0n) is 14.2. The van der Waals surface area contributed by atoms with E-state index in [1.165, 1.54) is 7.05 Å². The van der Waals surface area contributed by atoms with E-state index in [4.69, 9.17) is 0 Å². The predicted octanol–water partition coefficient (Wildman–Crippen LogP) is 0.336. The molecule has 134 valence electrons. The van der Waals surface area contributed by atoms with E-state index >= 15 is 0 Å². The quantitative estimate of drug-likeness (QED) is 0.787. The van der Waals surface area contributed by atoms with E-state index in [0.717, 1.165) is 12.8 Å². The summed E-state index contributed by atoms with van der Waals surface area (Å²) in [4.78, 5) is 24.0. The second-order valence-electron chi connectivity index (χ2n) is 6.04. The fourth-order valence-corrected chi connectivity index (χ4v) is 3.66. The number of carbonyl (C=O) groups is 1. The molecule has 1 aromatic rings. The van der Waals surface area contributed by atoms with Crippen molar-refractivity contribution in [2.75, 3.05) is 50.2 Å². The molecule has 1 fully saturated rings. The van der Waals surface area contributed by atoms with E-state index in [1.807, 2.05) is 14.1 Å². The number of aromatic nitrogens is 2. The molecule has 1 aliphatic heterocycles. The number of nitrogens with zero attached hydrogens (tertiary/aromatic N) is 4. The minimum Gasteiger partial charge on any atom is -0.347 e. The van der Waals surface area contributed by atoms with Gasteiger partial charge < -0.3 is 15.1 Å². The van der Waals surface area contributed by atoms with Crippen molar-refractivity contribution < 1.29 is 13.2 Å². The van der Waals surface area contributed by atoms with E-state index in [0.29, 0.717) is 24.7 Å². The van der Waals surface area contributed by atoms with Gasteiger partial charge in [0.05, 0.1) is 23.8 Å². The first-order valence-corrected chi connectivity index (χ1v) is 9.42. The fraction of sp³-hybridized carbons (Fsp3) is 0.643. The highest BCUT2D eigenvalue weighted by Crippen LogP contribution is 2.19. The highest BCUT2D eigenvalue weighted by molar-refractivity contribution is 7.89. The standard InChI is InChI=1S/C14H24N6O3S/c1-15-24(22,23)10-11-5-4-6-20(9-11)14(21)18-12-7-16-13(17-8-12)19(2)3/h7-8,11,15H,4-6,9-10H2,1-3H3,(H,18,21). The first kappa shape index (κ1) is 18.4. The lowest BCUT2D eigenvalue weighted by Crippen LogP contribution is -2.44. The molecule has 2 rings (SSSR count). The molecule has 24 heavy (non-hydrogen) atoms. The third-order valence-corrected chi connectivity index (χ3v) is 5.39. The molecule has 10 heteroatoms. The van der Waals surface area contributed by atoms with Gasteiger partial charge in [-0.3, -0.25) is 0 Å². The Kier molecular flexibility index (Phi) is 5.94. The van der Waals surface area contributed by atoms with E-state index in [2.05, 4.69) is 20.0 Å². The number of hydrogen-bond acceptors (Lipinski definition) is 6. The largest absolute Gasteiger partial charge is 0.347 e. The number of likely N-dealkylation sites (tertiary alicyclic amines) is 1. The van der Waals surface area contributed by atoms with Crippen LogP contribution in [-0.2, 0) is 10.0 Å². The van der Waals surface area contributed by atoms with Gasteiger partial charge in [-0.15, -0.1) is 0 Å². The number of piperidine rings is 1. The molecule has 0 radical (unpaired) electrons. The molecule has 0 aromatic carbocycles. The van der Waals surface area contributed by atoms with Gasteiger partial charge in [-0.25, -0.2) is 27.9 Å². The van der Waals surface area contributed by atoms with Gasteiger partial charge in [-0.1, -0.05) is 0 Å². The summed E-state index contributed by atoms with van der Waals surface area (Å²) in [5.41, 5.74) is 0.510. The summed E-state index contributed by atoms with van der Waals surface area (Å²) in [5, 5.41) is 2.75. The molecule has 1 aliphatic rings. The second kappa shape index (κ2) is 7.75. The van der Waals surface area contributed by atoms with Gasteiger partial charge in [0.1, 0.15) is 0 Å². The molecule has 2 N–H and O–H groups in total. The lowest BCUT2D eigenvalue weighted by atomic mass is 10.0. The van der Waals surface area contributed by atoms with Crippen LogP contribution in [0.5, 0.6) is 0 Å². The monoisotopic (exact) mass is 356 g/mol. The molecule has 0 spiro atoms. The molecule has 1 unspecified atom stereocenters. The Balaban J connectivity index is 1.94. The number of amides is 2.